The highest BCUT2D eigenvalue weighted by atomic mass is 19.1. The lowest BCUT2D eigenvalue weighted by molar-refractivity contribution is 0.0705. The van der Waals surface area contributed by atoms with Crippen LogP contribution < -0.4 is 10.5 Å². The van der Waals surface area contributed by atoms with Crippen molar-refractivity contribution >= 4 is 11.7 Å². The first-order valence-corrected chi connectivity index (χ1v) is 9.73. The summed E-state index contributed by atoms with van der Waals surface area (Å²) >= 11 is 0. The molecule has 0 atom stereocenters. The van der Waals surface area contributed by atoms with Gasteiger partial charge in [-0.25, -0.2) is 4.39 Å². The maximum Gasteiger partial charge on any atom is 0.272 e. The summed E-state index contributed by atoms with van der Waals surface area (Å²) in [4.78, 5) is 19.1. The molecule has 0 bridgehead atoms. The van der Waals surface area contributed by atoms with E-state index < -0.39 is 0 Å². The second kappa shape index (κ2) is 8.44. The zero-order chi connectivity index (χ0) is 21.1. The summed E-state index contributed by atoms with van der Waals surface area (Å²) in [5.74, 6) is 0.628. The summed E-state index contributed by atoms with van der Waals surface area (Å²) in [5, 5.41) is 8.08. The third kappa shape index (κ3) is 4.07. The van der Waals surface area contributed by atoms with Gasteiger partial charge in [0.25, 0.3) is 5.91 Å². The van der Waals surface area contributed by atoms with Crippen molar-refractivity contribution in [1.82, 2.24) is 20.1 Å². The molecule has 3 heterocycles. The van der Waals surface area contributed by atoms with E-state index in [1.165, 1.54) is 19.2 Å². The van der Waals surface area contributed by atoms with Crippen LogP contribution in [0.25, 0.3) is 11.1 Å². The Kier molecular flexibility index (Phi) is 5.56. The fourth-order valence-electron chi connectivity index (χ4n) is 3.71. The molecule has 0 spiro atoms. The molecule has 0 aliphatic carbocycles. The number of piperidine rings is 1. The zero-order valence-corrected chi connectivity index (χ0v) is 16.6. The average Bonchev–Trinajstić information content (AvgIpc) is 2.79. The summed E-state index contributed by atoms with van der Waals surface area (Å²) in [6.07, 6.45) is 3.14. The summed E-state index contributed by atoms with van der Waals surface area (Å²) in [7, 11) is 1.52. The number of anilines is 1. The Balaban J connectivity index is 1.48. The highest BCUT2D eigenvalue weighted by molar-refractivity contribution is 5.93. The minimum absolute atomic E-state index is 0.152. The molecule has 1 aromatic carbocycles. The molecule has 8 heteroatoms. The van der Waals surface area contributed by atoms with Gasteiger partial charge in [0.2, 0.25) is 0 Å². The smallest absolute Gasteiger partial charge is 0.272 e. The van der Waals surface area contributed by atoms with Gasteiger partial charge in [0, 0.05) is 36.8 Å². The standard InChI is InChI=1S/C22H22FN5O2/c1-30-20-12-19(25-13-17(20)15-3-2-4-16(23)11-15)22(29)28-9-7-14(8-10-28)18-5-6-21(24)27-26-18/h2-6,11-14H,7-10H2,1H3,(H2,24,27). The van der Waals surface area contributed by atoms with E-state index in [4.69, 9.17) is 10.5 Å². The van der Waals surface area contributed by atoms with Crippen molar-refractivity contribution in [3.05, 3.63) is 65.9 Å². The number of hydrogen-bond acceptors (Lipinski definition) is 6. The molecule has 0 saturated carbocycles. The zero-order valence-electron chi connectivity index (χ0n) is 16.6. The largest absolute Gasteiger partial charge is 0.496 e. The Bertz CT molecular complexity index is 1050. The van der Waals surface area contributed by atoms with Crippen molar-refractivity contribution in [2.24, 2.45) is 0 Å². The first kappa shape index (κ1) is 19.8. The summed E-state index contributed by atoms with van der Waals surface area (Å²) in [5.41, 5.74) is 8.08. The number of benzene rings is 1. The summed E-state index contributed by atoms with van der Waals surface area (Å²) in [6, 6.07) is 11.4. The molecule has 7 nitrogen and oxygen atoms in total. The van der Waals surface area contributed by atoms with E-state index in [9.17, 15) is 9.18 Å². The molecule has 0 radical (unpaired) electrons. The van der Waals surface area contributed by atoms with Gasteiger partial charge in [-0.05, 0) is 42.7 Å². The second-order valence-corrected chi connectivity index (χ2v) is 7.23. The number of carbonyl (C=O) groups excluding carboxylic acids is 1. The molecule has 2 N–H and O–H groups in total. The quantitative estimate of drug-likeness (QED) is 0.713. The van der Waals surface area contributed by atoms with Crippen molar-refractivity contribution in [2.45, 2.75) is 18.8 Å². The monoisotopic (exact) mass is 407 g/mol. The van der Waals surface area contributed by atoms with E-state index in [0.29, 0.717) is 41.5 Å². The van der Waals surface area contributed by atoms with E-state index in [2.05, 4.69) is 15.2 Å². The molecule has 154 valence electrons. The van der Waals surface area contributed by atoms with E-state index in [1.807, 2.05) is 6.07 Å². The van der Waals surface area contributed by atoms with Crippen molar-refractivity contribution in [3.8, 4) is 16.9 Å². The van der Waals surface area contributed by atoms with Crippen molar-refractivity contribution in [1.29, 1.82) is 0 Å². The topological polar surface area (TPSA) is 94.2 Å². The van der Waals surface area contributed by atoms with Crippen LogP contribution in [0.5, 0.6) is 5.75 Å². The number of carbonyl (C=O) groups is 1. The van der Waals surface area contributed by atoms with Crippen molar-refractivity contribution in [3.63, 3.8) is 0 Å². The number of methoxy groups -OCH3 is 1. The number of amides is 1. The van der Waals surface area contributed by atoms with Gasteiger partial charge in [0.15, 0.2) is 0 Å². The second-order valence-electron chi connectivity index (χ2n) is 7.23. The number of pyridine rings is 1. The molecular formula is C22H22FN5O2. The Morgan fingerprint density at radius 2 is 1.97 bits per heavy atom. The van der Waals surface area contributed by atoms with E-state index in [0.717, 1.165) is 18.5 Å². The van der Waals surface area contributed by atoms with Crippen LogP contribution >= 0.6 is 0 Å². The molecule has 1 fully saturated rings. The number of nitrogens with two attached hydrogens (primary N) is 1. The number of hydrogen-bond donors (Lipinski definition) is 1. The molecule has 1 saturated heterocycles. The van der Waals surface area contributed by atoms with Crippen LogP contribution in [-0.4, -0.2) is 46.2 Å². The van der Waals surface area contributed by atoms with Gasteiger partial charge in [0.1, 0.15) is 23.1 Å². The maximum atomic E-state index is 13.6. The van der Waals surface area contributed by atoms with Crippen LogP contribution in [0.2, 0.25) is 0 Å². The molecule has 1 aliphatic rings. The third-order valence-electron chi connectivity index (χ3n) is 5.35. The Morgan fingerprint density at radius 1 is 1.17 bits per heavy atom. The highest BCUT2D eigenvalue weighted by Crippen LogP contribution is 2.31. The number of halogens is 1. The third-order valence-corrected chi connectivity index (χ3v) is 5.35. The first-order valence-electron chi connectivity index (χ1n) is 9.73. The average molecular weight is 407 g/mol. The molecular weight excluding hydrogens is 385 g/mol. The Labute approximate surface area is 173 Å². The predicted molar refractivity (Wildman–Crippen MR) is 111 cm³/mol. The van der Waals surface area contributed by atoms with Crippen LogP contribution in [0.3, 0.4) is 0 Å². The minimum Gasteiger partial charge on any atom is -0.496 e. The SMILES string of the molecule is COc1cc(C(=O)N2CCC(c3ccc(N)nn3)CC2)ncc1-c1cccc(F)c1. The number of nitrogen functional groups attached to an aromatic ring is 1. The summed E-state index contributed by atoms with van der Waals surface area (Å²) in [6.45, 7) is 1.20. The Hall–Kier alpha value is -3.55. The van der Waals surface area contributed by atoms with Crippen LogP contribution in [0.15, 0.2) is 48.7 Å². The number of likely N-dealkylation sites (tertiary alicyclic amines) is 1. The number of aromatic nitrogens is 3. The van der Waals surface area contributed by atoms with Gasteiger partial charge in [-0.15, -0.1) is 5.10 Å². The number of ether oxygens (including phenoxy) is 1. The van der Waals surface area contributed by atoms with Crippen LogP contribution in [0.1, 0.15) is 34.9 Å². The normalized spacial score (nSPS) is 14.5. The molecule has 4 rings (SSSR count). The number of rotatable bonds is 4. The van der Waals surface area contributed by atoms with Crippen molar-refractivity contribution in [2.75, 3.05) is 25.9 Å². The van der Waals surface area contributed by atoms with Gasteiger partial charge in [-0.3, -0.25) is 9.78 Å². The van der Waals surface area contributed by atoms with Gasteiger partial charge in [0.05, 0.1) is 12.8 Å². The summed E-state index contributed by atoms with van der Waals surface area (Å²) < 4.78 is 19.0. The Morgan fingerprint density at radius 3 is 2.63 bits per heavy atom. The van der Waals surface area contributed by atoms with Crippen LogP contribution in [0.4, 0.5) is 10.2 Å². The fraction of sp³-hybridized carbons (Fsp3) is 0.273. The number of nitrogens with zero attached hydrogens (tertiary/aromatic N) is 4. The molecule has 0 unspecified atom stereocenters. The maximum absolute atomic E-state index is 13.6. The van der Waals surface area contributed by atoms with Crippen LogP contribution in [0, 0.1) is 5.82 Å². The lowest BCUT2D eigenvalue weighted by Gasteiger charge is -2.31. The van der Waals surface area contributed by atoms with E-state index in [-0.39, 0.29) is 17.6 Å². The molecule has 2 aromatic heterocycles. The minimum atomic E-state index is -0.344. The highest BCUT2D eigenvalue weighted by Gasteiger charge is 2.26. The van der Waals surface area contributed by atoms with Gasteiger partial charge in [-0.1, -0.05) is 12.1 Å². The molecule has 1 amide bonds. The first-order chi connectivity index (χ1) is 14.5. The lowest BCUT2D eigenvalue weighted by atomic mass is 9.93. The fourth-order valence-corrected chi connectivity index (χ4v) is 3.71. The van der Waals surface area contributed by atoms with Crippen LogP contribution in [-0.2, 0) is 0 Å². The predicted octanol–water partition coefficient (Wildman–Crippen LogP) is 3.29. The molecule has 3 aromatic rings. The van der Waals surface area contributed by atoms with E-state index >= 15 is 0 Å². The van der Waals surface area contributed by atoms with Gasteiger partial charge in [-0.2, -0.15) is 5.10 Å². The van der Waals surface area contributed by atoms with Gasteiger partial charge >= 0.3 is 0 Å². The molecule has 1 aliphatic heterocycles. The van der Waals surface area contributed by atoms with Crippen molar-refractivity contribution < 1.29 is 13.9 Å². The lowest BCUT2D eigenvalue weighted by Crippen LogP contribution is -2.38. The molecule has 30 heavy (non-hydrogen) atoms. The van der Waals surface area contributed by atoms with Gasteiger partial charge < -0.3 is 15.4 Å². The van der Waals surface area contributed by atoms with E-state index in [1.54, 1.807) is 35.4 Å².